The van der Waals surface area contributed by atoms with Gasteiger partial charge in [0.1, 0.15) is 19.3 Å². The van der Waals surface area contributed by atoms with Crippen molar-refractivity contribution in [1.82, 2.24) is 4.90 Å². The lowest BCUT2D eigenvalue weighted by Gasteiger charge is -2.24. The highest BCUT2D eigenvalue weighted by atomic mass is 16.6. The summed E-state index contributed by atoms with van der Waals surface area (Å²) in [6.45, 7) is 2.59. The fourth-order valence-electron chi connectivity index (χ4n) is 2.48. The van der Waals surface area contributed by atoms with Gasteiger partial charge in [0.15, 0.2) is 0 Å². The fourth-order valence-corrected chi connectivity index (χ4v) is 2.48. The number of hydrogen-bond donors (Lipinski definition) is 0. The van der Waals surface area contributed by atoms with Crippen LogP contribution >= 0.6 is 0 Å². The van der Waals surface area contributed by atoms with Gasteiger partial charge in [-0.25, -0.2) is 14.4 Å². The van der Waals surface area contributed by atoms with Gasteiger partial charge >= 0.3 is 18.2 Å². The summed E-state index contributed by atoms with van der Waals surface area (Å²) in [5.41, 5.74) is 1.04. The van der Waals surface area contributed by atoms with Crippen molar-refractivity contribution < 1.29 is 33.5 Å². The van der Waals surface area contributed by atoms with E-state index < -0.39 is 29.1 Å². The zero-order valence-electron chi connectivity index (χ0n) is 17.1. The third-order valence-electron chi connectivity index (χ3n) is 4.12. The highest BCUT2D eigenvalue weighted by Crippen LogP contribution is 2.15. The van der Waals surface area contributed by atoms with E-state index in [1.807, 2.05) is 0 Å². The zero-order valence-corrected chi connectivity index (χ0v) is 17.1. The standard InChI is InChI=1S/C21H22N2O8/c1-3-29-19(24)15(2)22(20(25)30-13-16-7-5-4-6-8-16)21(26)31-14-17-9-11-18(12-10-17)23(27)28/h4-12,15H,3,13-14H2,1-2H3/t15-/m1/s1. The van der Waals surface area contributed by atoms with Gasteiger partial charge in [0, 0.05) is 12.1 Å². The van der Waals surface area contributed by atoms with Crippen molar-refractivity contribution >= 4 is 23.8 Å². The molecule has 0 saturated heterocycles. The van der Waals surface area contributed by atoms with Crippen LogP contribution in [0, 0.1) is 10.1 Å². The number of carbonyl (C=O) groups excluding carboxylic acids is 3. The quantitative estimate of drug-likeness (QED) is 0.268. The van der Waals surface area contributed by atoms with E-state index in [1.165, 1.54) is 31.2 Å². The number of carbonyl (C=O) groups is 3. The number of nitro benzene ring substituents is 1. The predicted octanol–water partition coefficient (Wildman–Crippen LogP) is 3.82. The molecule has 10 heteroatoms. The second-order valence-corrected chi connectivity index (χ2v) is 6.32. The number of esters is 1. The number of imide groups is 1. The number of ether oxygens (including phenoxy) is 3. The number of nitrogens with zero attached hydrogens (tertiary/aromatic N) is 2. The molecule has 164 valence electrons. The van der Waals surface area contributed by atoms with Gasteiger partial charge in [0.05, 0.1) is 11.5 Å². The monoisotopic (exact) mass is 430 g/mol. The van der Waals surface area contributed by atoms with Gasteiger partial charge in [0.25, 0.3) is 5.69 Å². The summed E-state index contributed by atoms with van der Waals surface area (Å²) in [6.07, 6.45) is -2.19. The molecule has 2 amide bonds. The molecular formula is C21H22N2O8. The van der Waals surface area contributed by atoms with E-state index in [1.54, 1.807) is 37.3 Å². The van der Waals surface area contributed by atoms with Crippen LogP contribution in [0.4, 0.5) is 15.3 Å². The van der Waals surface area contributed by atoms with E-state index in [-0.39, 0.29) is 25.5 Å². The summed E-state index contributed by atoms with van der Waals surface area (Å²) in [4.78, 5) is 47.9. The van der Waals surface area contributed by atoms with Crippen molar-refractivity contribution in [1.29, 1.82) is 0 Å². The van der Waals surface area contributed by atoms with Crippen LogP contribution < -0.4 is 0 Å². The van der Waals surface area contributed by atoms with Gasteiger partial charge in [-0.05, 0) is 37.1 Å². The van der Waals surface area contributed by atoms with Crippen LogP contribution in [0.2, 0.25) is 0 Å². The van der Waals surface area contributed by atoms with Gasteiger partial charge in [-0.1, -0.05) is 30.3 Å². The Morgan fingerprint density at radius 3 is 1.90 bits per heavy atom. The largest absolute Gasteiger partial charge is 0.464 e. The highest BCUT2D eigenvalue weighted by Gasteiger charge is 2.35. The Bertz CT molecular complexity index is 915. The normalized spacial score (nSPS) is 11.2. The third-order valence-corrected chi connectivity index (χ3v) is 4.12. The molecule has 0 unspecified atom stereocenters. The van der Waals surface area contributed by atoms with E-state index in [0.29, 0.717) is 16.0 Å². The molecule has 0 spiro atoms. The molecule has 31 heavy (non-hydrogen) atoms. The lowest BCUT2D eigenvalue weighted by atomic mass is 10.2. The highest BCUT2D eigenvalue weighted by molar-refractivity contribution is 5.93. The van der Waals surface area contributed by atoms with Crippen molar-refractivity contribution in [3.05, 3.63) is 75.8 Å². The first-order valence-electron chi connectivity index (χ1n) is 9.40. The van der Waals surface area contributed by atoms with Crippen LogP contribution in [-0.4, -0.2) is 40.6 Å². The second kappa shape index (κ2) is 11.3. The minimum Gasteiger partial charge on any atom is -0.464 e. The topological polar surface area (TPSA) is 125 Å². The smallest absolute Gasteiger partial charge is 0.420 e. The van der Waals surface area contributed by atoms with Crippen molar-refractivity contribution in [2.75, 3.05) is 6.61 Å². The number of benzene rings is 2. The maximum absolute atomic E-state index is 12.6. The van der Waals surface area contributed by atoms with E-state index >= 15 is 0 Å². The minimum absolute atomic E-state index is 0.0634. The SMILES string of the molecule is CCOC(=O)[C@@H](C)N(C(=O)OCc1ccccc1)C(=O)OCc1ccc([N+](=O)[O-])cc1. The molecule has 1 atom stereocenters. The molecule has 10 nitrogen and oxygen atoms in total. The van der Waals surface area contributed by atoms with E-state index in [4.69, 9.17) is 14.2 Å². The molecule has 0 aliphatic carbocycles. The molecule has 2 aromatic rings. The number of rotatable bonds is 8. The molecule has 0 aliphatic heterocycles. The Labute approximate surface area is 178 Å². The van der Waals surface area contributed by atoms with Crippen LogP contribution in [0.3, 0.4) is 0 Å². The van der Waals surface area contributed by atoms with Crippen LogP contribution in [0.25, 0.3) is 0 Å². The maximum Gasteiger partial charge on any atom is 0.420 e. The number of hydrogen-bond acceptors (Lipinski definition) is 8. The molecule has 0 heterocycles. The van der Waals surface area contributed by atoms with Crippen molar-refractivity contribution in [2.24, 2.45) is 0 Å². The Hall–Kier alpha value is -3.95. The Morgan fingerprint density at radius 2 is 1.42 bits per heavy atom. The molecule has 0 fully saturated rings. The summed E-state index contributed by atoms with van der Waals surface area (Å²) >= 11 is 0. The summed E-state index contributed by atoms with van der Waals surface area (Å²) in [5, 5.41) is 10.7. The van der Waals surface area contributed by atoms with E-state index in [2.05, 4.69) is 0 Å². The molecule has 2 rings (SSSR count). The fraction of sp³-hybridized carbons (Fsp3) is 0.286. The third kappa shape index (κ3) is 6.81. The number of nitro groups is 1. The molecule has 0 saturated carbocycles. The molecule has 0 aliphatic rings. The molecule has 0 aromatic heterocycles. The lowest BCUT2D eigenvalue weighted by Crippen LogP contribution is -2.48. The number of non-ortho nitro benzene ring substituents is 1. The molecule has 2 aromatic carbocycles. The predicted molar refractivity (Wildman–Crippen MR) is 108 cm³/mol. The van der Waals surface area contributed by atoms with Gasteiger partial charge < -0.3 is 14.2 Å². The summed E-state index contributed by atoms with van der Waals surface area (Å²) in [5.74, 6) is -0.800. The first kappa shape index (κ1) is 23.3. The van der Waals surface area contributed by atoms with Gasteiger partial charge in [0.2, 0.25) is 0 Å². The Kier molecular flexibility index (Phi) is 8.50. The van der Waals surface area contributed by atoms with Gasteiger partial charge in [-0.2, -0.15) is 4.90 Å². The Morgan fingerprint density at radius 1 is 0.903 bits per heavy atom. The summed E-state index contributed by atoms with van der Waals surface area (Å²) in [7, 11) is 0. The average molecular weight is 430 g/mol. The molecular weight excluding hydrogens is 408 g/mol. The van der Waals surface area contributed by atoms with Crippen LogP contribution in [0.5, 0.6) is 0 Å². The summed E-state index contributed by atoms with van der Waals surface area (Å²) < 4.78 is 15.2. The Balaban J connectivity index is 2.08. The minimum atomic E-state index is -1.28. The lowest BCUT2D eigenvalue weighted by molar-refractivity contribution is -0.384. The molecule has 0 N–H and O–H groups in total. The van der Waals surface area contributed by atoms with Crippen molar-refractivity contribution in [2.45, 2.75) is 33.1 Å². The molecule has 0 bridgehead atoms. The van der Waals surface area contributed by atoms with Gasteiger partial charge in [-0.3, -0.25) is 10.1 Å². The average Bonchev–Trinajstić information content (AvgIpc) is 2.77. The second-order valence-electron chi connectivity index (χ2n) is 6.32. The van der Waals surface area contributed by atoms with E-state index in [9.17, 15) is 24.5 Å². The summed E-state index contributed by atoms with van der Waals surface area (Å²) in [6, 6.07) is 12.9. The van der Waals surface area contributed by atoms with Crippen LogP contribution in [0.1, 0.15) is 25.0 Å². The van der Waals surface area contributed by atoms with Crippen molar-refractivity contribution in [3.8, 4) is 0 Å². The van der Waals surface area contributed by atoms with Crippen LogP contribution in [0.15, 0.2) is 54.6 Å². The van der Waals surface area contributed by atoms with E-state index in [0.717, 1.165) is 0 Å². The first-order chi connectivity index (χ1) is 14.8. The zero-order chi connectivity index (χ0) is 22.8. The van der Waals surface area contributed by atoms with Crippen LogP contribution in [-0.2, 0) is 32.2 Å². The van der Waals surface area contributed by atoms with Crippen molar-refractivity contribution in [3.63, 3.8) is 0 Å². The first-order valence-corrected chi connectivity index (χ1v) is 9.40. The number of amides is 2. The van der Waals surface area contributed by atoms with Gasteiger partial charge in [-0.15, -0.1) is 0 Å². The molecule has 0 radical (unpaired) electrons. The maximum atomic E-state index is 12.6.